The highest BCUT2D eigenvalue weighted by Gasteiger charge is 2.29. The number of methoxy groups -OCH3 is 1. The summed E-state index contributed by atoms with van der Waals surface area (Å²) in [6.07, 6.45) is 2.61. The smallest absolute Gasteiger partial charge is 0.335 e. The summed E-state index contributed by atoms with van der Waals surface area (Å²) in [5.74, 6) is -0.0660. The lowest BCUT2D eigenvalue weighted by Gasteiger charge is -2.33. The van der Waals surface area contributed by atoms with Gasteiger partial charge in [-0.15, -0.1) is 0 Å². The van der Waals surface area contributed by atoms with Gasteiger partial charge in [0.15, 0.2) is 11.6 Å². The lowest BCUT2D eigenvalue weighted by Crippen LogP contribution is -2.28. The minimum Gasteiger partial charge on any atom is -0.494 e. The fraction of sp³-hybridized carbons (Fsp3) is 0.345. The molecule has 3 aromatic rings. The van der Waals surface area contributed by atoms with Gasteiger partial charge in [-0.25, -0.2) is 9.18 Å². The highest BCUT2D eigenvalue weighted by molar-refractivity contribution is 5.89. The zero-order valence-electron chi connectivity index (χ0n) is 20.4. The fourth-order valence-electron chi connectivity index (χ4n) is 4.78. The fourth-order valence-corrected chi connectivity index (χ4v) is 4.78. The first kappa shape index (κ1) is 24.7. The van der Waals surface area contributed by atoms with Gasteiger partial charge >= 0.3 is 5.97 Å². The summed E-state index contributed by atoms with van der Waals surface area (Å²) < 4.78 is 25.1. The van der Waals surface area contributed by atoms with E-state index in [4.69, 9.17) is 9.47 Å². The molecule has 0 radical (unpaired) electrons. The van der Waals surface area contributed by atoms with Gasteiger partial charge < -0.3 is 19.9 Å². The van der Waals surface area contributed by atoms with Gasteiger partial charge in [0.2, 0.25) is 0 Å². The summed E-state index contributed by atoms with van der Waals surface area (Å²) >= 11 is 0. The zero-order valence-corrected chi connectivity index (χ0v) is 20.4. The van der Waals surface area contributed by atoms with E-state index in [9.17, 15) is 14.3 Å². The normalized spacial score (nSPS) is 17.8. The number of fused-ring (bicyclic) bond motifs is 1. The van der Waals surface area contributed by atoms with Crippen molar-refractivity contribution < 1.29 is 23.8 Å². The van der Waals surface area contributed by atoms with Gasteiger partial charge in [0.05, 0.1) is 18.8 Å². The number of nitrogens with one attached hydrogen (secondary N) is 1. The van der Waals surface area contributed by atoms with Crippen molar-refractivity contribution in [2.75, 3.05) is 13.7 Å². The molecule has 0 bridgehead atoms. The number of rotatable bonds is 9. The molecular formula is C29H32FNO4. The summed E-state index contributed by atoms with van der Waals surface area (Å²) in [6.45, 7) is 4.66. The van der Waals surface area contributed by atoms with Crippen molar-refractivity contribution in [2.45, 2.75) is 51.2 Å². The molecule has 0 spiro atoms. The Balaban J connectivity index is 1.41. The van der Waals surface area contributed by atoms with Crippen molar-refractivity contribution in [3.63, 3.8) is 0 Å². The number of aromatic carboxylic acids is 1. The SMILES string of the molecule is COc1cc(C(C)NCCC[C@H]2C[C@@H](c3ccc(C)c(C(=O)O)c3)c3ccccc3O2)ccc1F. The molecule has 3 aromatic carbocycles. The topological polar surface area (TPSA) is 67.8 Å². The molecule has 184 valence electrons. The van der Waals surface area contributed by atoms with Crippen LogP contribution in [0.5, 0.6) is 11.5 Å². The molecule has 1 aliphatic rings. The van der Waals surface area contributed by atoms with Crippen molar-refractivity contribution in [3.8, 4) is 11.5 Å². The number of para-hydroxylation sites is 1. The second-order valence-electron chi connectivity index (χ2n) is 9.16. The van der Waals surface area contributed by atoms with E-state index in [1.165, 1.54) is 13.2 Å². The van der Waals surface area contributed by atoms with Crippen LogP contribution in [0.25, 0.3) is 0 Å². The van der Waals surface area contributed by atoms with Gasteiger partial charge in [-0.1, -0.05) is 36.4 Å². The Kier molecular flexibility index (Phi) is 7.71. The van der Waals surface area contributed by atoms with Gasteiger partial charge in [0.25, 0.3) is 0 Å². The minimum absolute atomic E-state index is 0.0347. The van der Waals surface area contributed by atoms with Crippen molar-refractivity contribution >= 4 is 5.97 Å². The summed E-state index contributed by atoms with van der Waals surface area (Å²) in [6, 6.07) is 18.7. The summed E-state index contributed by atoms with van der Waals surface area (Å²) in [5, 5.41) is 13.1. The van der Waals surface area contributed by atoms with Crippen molar-refractivity contribution in [3.05, 3.63) is 94.3 Å². The Bertz CT molecular complexity index is 1200. The van der Waals surface area contributed by atoms with Gasteiger partial charge in [0, 0.05) is 17.5 Å². The Morgan fingerprint density at radius 1 is 1.20 bits per heavy atom. The number of hydrogen-bond acceptors (Lipinski definition) is 4. The van der Waals surface area contributed by atoms with E-state index in [1.807, 2.05) is 50.2 Å². The van der Waals surface area contributed by atoms with Crippen molar-refractivity contribution in [1.29, 1.82) is 0 Å². The first-order valence-corrected chi connectivity index (χ1v) is 12.0. The molecule has 0 amide bonds. The molecular weight excluding hydrogens is 445 g/mol. The van der Waals surface area contributed by atoms with Gasteiger partial charge in [-0.3, -0.25) is 0 Å². The lowest BCUT2D eigenvalue weighted by molar-refractivity contribution is 0.0696. The van der Waals surface area contributed by atoms with Crippen LogP contribution < -0.4 is 14.8 Å². The summed E-state index contributed by atoms with van der Waals surface area (Å²) in [7, 11) is 1.47. The van der Waals surface area contributed by atoms with Crippen molar-refractivity contribution in [2.24, 2.45) is 0 Å². The molecule has 1 aliphatic heterocycles. The van der Waals surface area contributed by atoms with Crippen LogP contribution in [0.2, 0.25) is 0 Å². The molecule has 35 heavy (non-hydrogen) atoms. The number of benzene rings is 3. The highest BCUT2D eigenvalue weighted by atomic mass is 19.1. The summed E-state index contributed by atoms with van der Waals surface area (Å²) in [4.78, 5) is 11.7. The molecule has 0 saturated heterocycles. The third-order valence-corrected chi connectivity index (χ3v) is 6.81. The molecule has 1 unspecified atom stereocenters. The standard InChI is InChI=1S/C29H32FNO4/c1-18-10-11-21(15-24(18)29(32)33)25-17-22(35-27-9-5-4-8-23(25)27)7-6-14-31-19(2)20-12-13-26(30)28(16-20)34-3/h4-5,8-13,15-16,19,22,25,31H,6-7,14,17H2,1-3H3,(H,32,33)/t19?,22-,25-/m0/s1. The number of halogens is 1. The second kappa shape index (κ2) is 10.9. The molecule has 0 saturated carbocycles. The molecule has 0 aromatic heterocycles. The van der Waals surface area contributed by atoms with Crippen LogP contribution in [-0.4, -0.2) is 30.8 Å². The van der Waals surface area contributed by atoms with E-state index in [0.29, 0.717) is 5.56 Å². The molecule has 3 atom stereocenters. The van der Waals surface area contributed by atoms with E-state index in [0.717, 1.165) is 53.8 Å². The van der Waals surface area contributed by atoms with Gasteiger partial charge in [-0.2, -0.15) is 0 Å². The monoisotopic (exact) mass is 477 g/mol. The van der Waals surface area contributed by atoms with Crippen LogP contribution >= 0.6 is 0 Å². The molecule has 0 fully saturated rings. The van der Waals surface area contributed by atoms with Crippen LogP contribution in [0, 0.1) is 12.7 Å². The van der Waals surface area contributed by atoms with Crippen LogP contribution in [0.15, 0.2) is 60.7 Å². The Labute approximate surface area is 205 Å². The van der Waals surface area contributed by atoms with E-state index >= 15 is 0 Å². The molecule has 2 N–H and O–H groups in total. The van der Waals surface area contributed by atoms with E-state index in [1.54, 1.807) is 12.1 Å². The molecule has 0 aliphatic carbocycles. The van der Waals surface area contributed by atoms with E-state index in [-0.39, 0.29) is 29.6 Å². The number of carboxylic acids is 1. The van der Waals surface area contributed by atoms with E-state index in [2.05, 4.69) is 11.4 Å². The van der Waals surface area contributed by atoms with E-state index < -0.39 is 5.97 Å². The average molecular weight is 478 g/mol. The average Bonchev–Trinajstić information content (AvgIpc) is 2.86. The summed E-state index contributed by atoms with van der Waals surface area (Å²) in [5.41, 5.74) is 4.18. The third-order valence-electron chi connectivity index (χ3n) is 6.81. The molecule has 5 nitrogen and oxygen atoms in total. The zero-order chi connectivity index (χ0) is 24.9. The van der Waals surface area contributed by atoms with Crippen molar-refractivity contribution in [1.82, 2.24) is 5.32 Å². The van der Waals surface area contributed by atoms with Crippen LogP contribution in [0.4, 0.5) is 4.39 Å². The maximum atomic E-state index is 13.7. The predicted molar refractivity (Wildman–Crippen MR) is 134 cm³/mol. The maximum Gasteiger partial charge on any atom is 0.335 e. The largest absolute Gasteiger partial charge is 0.494 e. The lowest BCUT2D eigenvalue weighted by atomic mass is 9.82. The third kappa shape index (κ3) is 5.65. The number of ether oxygens (including phenoxy) is 2. The van der Waals surface area contributed by atoms with Crippen LogP contribution in [0.3, 0.4) is 0 Å². The highest BCUT2D eigenvalue weighted by Crippen LogP contribution is 2.41. The number of carbonyl (C=O) groups is 1. The number of aryl methyl sites for hydroxylation is 1. The molecule has 6 heteroatoms. The van der Waals surface area contributed by atoms with Gasteiger partial charge in [-0.05, 0) is 80.6 Å². The van der Waals surface area contributed by atoms with Gasteiger partial charge in [0.1, 0.15) is 5.75 Å². The first-order chi connectivity index (χ1) is 16.9. The number of hydrogen-bond donors (Lipinski definition) is 2. The second-order valence-corrected chi connectivity index (χ2v) is 9.16. The Morgan fingerprint density at radius 3 is 2.77 bits per heavy atom. The molecule has 4 rings (SSSR count). The van der Waals surface area contributed by atoms with Crippen LogP contribution in [-0.2, 0) is 0 Å². The minimum atomic E-state index is -0.903. The Morgan fingerprint density at radius 2 is 2.00 bits per heavy atom. The first-order valence-electron chi connectivity index (χ1n) is 12.0. The molecule has 1 heterocycles. The number of carboxylic acid groups (broad SMARTS) is 1. The predicted octanol–water partition coefficient (Wildman–Crippen LogP) is 6.25. The maximum absolute atomic E-state index is 13.7. The quantitative estimate of drug-likeness (QED) is 0.356. The van der Waals surface area contributed by atoms with Crippen LogP contribution in [0.1, 0.15) is 70.8 Å². The Hall–Kier alpha value is -3.38.